The van der Waals surface area contributed by atoms with Crippen LogP contribution in [0.1, 0.15) is 25.0 Å². The van der Waals surface area contributed by atoms with Crippen molar-refractivity contribution in [1.29, 1.82) is 0 Å². The maximum absolute atomic E-state index is 4.49. The van der Waals surface area contributed by atoms with E-state index >= 15 is 0 Å². The van der Waals surface area contributed by atoms with E-state index in [0.29, 0.717) is 0 Å². The van der Waals surface area contributed by atoms with Gasteiger partial charge in [-0.2, -0.15) is 0 Å². The Balaban J connectivity index is 0.000000317. The Kier molecular flexibility index (Phi) is 18.4. The summed E-state index contributed by atoms with van der Waals surface area (Å²) in [4.78, 5) is 0. The van der Waals surface area contributed by atoms with Crippen LogP contribution >= 0.6 is 19.1 Å². The van der Waals surface area contributed by atoms with Gasteiger partial charge >= 0.3 is 55.4 Å². The molecule has 0 bridgehead atoms. The summed E-state index contributed by atoms with van der Waals surface area (Å²) in [6, 6.07) is 41.6. The minimum atomic E-state index is 0.921. The fourth-order valence-corrected chi connectivity index (χ4v) is 2.68. The third-order valence-electron chi connectivity index (χ3n) is 4.45. The van der Waals surface area contributed by atoms with E-state index in [2.05, 4.69) is 88.6 Å². The van der Waals surface area contributed by atoms with Gasteiger partial charge < -0.3 is 0 Å². The number of benzene rings is 4. The van der Waals surface area contributed by atoms with Gasteiger partial charge in [-0.05, 0) is 35.7 Å². The second kappa shape index (κ2) is 20.9. The van der Waals surface area contributed by atoms with Crippen LogP contribution in [-0.2, 0) is 36.4 Å². The van der Waals surface area contributed by atoms with Crippen molar-refractivity contribution in [2.75, 3.05) is 10.9 Å². The number of nitrogens with zero attached hydrogens (tertiary/aromatic N) is 2. The second-order valence-corrected chi connectivity index (χ2v) is 6.90. The Bertz CT molecular complexity index is 1040. The maximum atomic E-state index is 4.49. The average Bonchev–Trinajstić information content (AvgIpc) is 2.99. The molecular formula is C28H26Cl2N4Pd2. The first-order valence-corrected chi connectivity index (χ1v) is 14.6. The van der Waals surface area contributed by atoms with Gasteiger partial charge in [-0.1, -0.05) is 50.2 Å². The van der Waals surface area contributed by atoms with Crippen molar-refractivity contribution in [3.63, 3.8) is 0 Å². The zero-order valence-electron chi connectivity index (χ0n) is 19.7. The van der Waals surface area contributed by atoms with Gasteiger partial charge in [0, 0.05) is 0 Å². The summed E-state index contributed by atoms with van der Waals surface area (Å²) in [6.07, 6.45) is 0. The first-order chi connectivity index (χ1) is 17.7. The monoisotopic (exact) mass is 700 g/mol. The van der Waals surface area contributed by atoms with Crippen molar-refractivity contribution in [3.8, 4) is 0 Å². The van der Waals surface area contributed by atoms with Crippen LogP contribution in [-0.4, -0.2) is 11.4 Å². The number of para-hydroxylation sites is 2. The van der Waals surface area contributed by atoms with E-state index < -0.39 is 0 Å². The van der Waals surface area contributed by atoms with Crippen molar-refractivity contribution in [2.45, 2.75) is 13.8 Å². The molecule has 4 nitrogen and oxygen atoms in total. The van der Waals surface area contributed by atoms with Crippen LogP contribution in [0.2, 0.25) is 0 Å². The molecule has 0 radical (unpaired) electrons. The van der Waals surface area contributed by atoms with E-state index in [4.69, 9.17) is 0 Å². The molecule has 192 valence electrons. The molecule has 0 aliphatic carbocycles. The Labute approximate surface area is 244 Å². The number of rotatable bonds is 6. The Morgan fingerprint density at radius 1 is 0.556 bits per heavy atom. The summed E-state index contributed by atoms with van der Waals surface area (Å²) >= 11 is 4.44. The SMILES string of the molecule is C/C(=N\Nc1ccccc1)c1[c-]cccc1.C/C(=N\Nc1ccccc1)c1[c-]cccc1.[Cl][Pd+].[Cl][Pd+]. The molecule has 0 aliphatic heterocycles. The van der Waals surface area contributed by atoms with Crippen LogP contribution in [0.4, 0.5) is 11.4 Å². The molecule has 0 aromatic heterocycles. The number of nitrogens with one attached hydrogen (secondary N) is 2. The molecule has 0 saturated heterocycles. The van der Waals surface area contributed by atoms with Gasteiger partial charge in [0.1, 0.15) is 0 Å². The Morgan fingerprint density at radius 3 is 1.19 bits per heavy atom. The van der Waals surface area contributed by atoms with Crippen molar-refractivity contribution >= 4 is 41.9 Å². The molecule has 0 atom stereocenters. The average molecular weight is 702 g/mol. The topological polar surface area (TPSA) is 48.8 Å². The van der Waals surface area contributed by atoms with E-state index in [9.17, 15) is 0 Å². The predicted molar refractivity (Wildman–Crippen MR) is 147 cm³/mol. The summed E-state index contributed by atoms with van der Waals surface area (Å²) in [5.74, 6) is 0. The van der Waals surface area contributed by atoms with E-state index in [1.807, 2.05) is 123 Å². The standard InChI is InChI=1S/2C14H13N2.2ClH.2Pd/c2*1-12(13-8-4-2-5-9-13)15-16-14-10-6-3-7-11-14;;;;/h2*2-8,10-11,16H,1H3;2*1H;;/q2*-1;;;2*+2/p-2/b2*15-12+;;;;. The predicted octanol–water partition coefficient (Wildman–Crippen LogP) is 8.02. The number of hydrogen-bond donors (Lipinski definition) is 2. The number of hydrazone groups is 2. The molecule has 0 unspecified atom stereocenters. The Morgan fingerprint density at radius 2 is 0.889 bits per heavy atom. The molecule has 0 amide bonds. The summed E-state index contributed by atoms with van der Waals surface area (Å²) in [6.45, 7) is 3.92. The zero-order chi connectivity index (χ0) is 26.4. The van der Waals surface area contributed by atoms with Crippen molar-refractivity contribution in [1.82, 2.24) is 0 Å². The molecule has 0 heterocycles. The molecular weight excluding hydrogens is 676 g/mol. The van der Waals surface area contributed by atoms with Crippen LogP contribution in [0.25, 0.3) is 0 Å². The fourth-order valence-electron chi connectivity index (χ4n) is 2.68. The van der Waals surface area contributed by atoms with Crippen molar-refractivity contribution < 1.29 is 36.4 Å². The molecule has 4 aromatic carbocycles. The minimum absolute atomic E-state index is 0.921. The number of halogens is 2. The van der Waals surface area contributed by atoms with E-state index in [-0.39, 0.29) is 0 Å². The molecule has 0 spiro atoms. The summed E-state index contributed by atoms with van der Waals surface area (Å²) in [5, 5.41) is 8.60. The van der Waals surface area contributed by atoms with Crippen molar-refractivity contribution in [3.05, 3.63) is 132 Å². The third kappa shape index (κ3) is 13.1. The number of hydrogen-bond acceptors (Lipinski definition) is 4. The van der Waals surface area contributed by atoms with Crippen LogP contribution < -0.4 is 10.9 Å². The van der Waals surface area contributed by atoms with Gasteiger partial charge in [-0.15, -0.1) is 71.8 Å². The van der Waals surface area contributed by atoms with Crippen LogP contribution in [0, 0.1) is 12.1 Å². The molecule has 4 aromatic rings. The van der Waals surface area contributed by atoms with E-state index in [0.717, 1.165) is 33.9 Å². The molecule has 8 heteroatoms. The first-order valence-electron chi connectivity index (χ1n) is 10.6. The van der Waals surface area contributed by atoms with Gasteiger partial charge in [-0.25, -0.2) is 10.2 Å². The zero-order valence-corrected chi connectivity index (χ0v) is 24.3. The van der Waals surface area contributed by atoms with Crippen LogP contribution in [0.3, 0.4) is 0 Å². The second-order valence-electron chi connectivity index (χ2n) is 6.90. The van der Waals surface area contributed by atoms with E-state index in [1.165, 1.54) is 0 Å². The van der Waals surface area contributed by atoms with E-state index in [1.54, 1.807) is 0 Å². The van der Waals surface area contributed by atoms with Crippen LogP contribution in [0.15, 0.2) is 119 Å². The van der Waals surface area contributed by atoms with Gasteiger partial charge in [0.15, 0.2) is 0 Å². The van der Waals surface area contributed by atoms with Gasteiger partial charge in [0.25, 0.3) is 0 Å². The summed E-state index contributed by atoms with van der Waals surface area (Å²) in [7, 11) is 8.98. The van der Waals surface area contributed by atoms with Crippen LogP contribution in [0.5, 0.6) is 0 Å². The van der Waals surface area contributed by atoms with Crippen molar-refractivity contribution in [2.24, 2.45) is 10.2 Å². The number of anilines is 2. The molecule has 36 heavy (non-hydrogen) atoms. The molecule has 4 rings (SSSR count). The van der Waals surface area contributed by atoms with Gasteiger partial charge in [-0.3, -0.25) is 10.9 Å². The molecule has 0 fully saturated rings. The van der Waals surface area contributed by atoms with Gasteiger partial charge in [0.2, 0.25) is 0 Å². The fraction of sp³-hybridized carbons (Fsp3) is 0.0714. The summed E-state index contributed by atoms with van der Waals surface area (Å²) < 4.78 is 0. The first kappa shape index (κ1) is 31.8. The molecule has 0 saturated carbocycles. The molecule has 0 aliphatic rings. The Hall–Kier alpha value is -2.28. The van der Waals surface area contributed by atoms with Gasteiger partial charge in [0.05, 0.1) is 11.4 Å². The third-order valence-corrected chi connectivity index (χ3v) is 4.45. The normalized spacial score (nSPS) is 10.3. The molecule has 2 N–H and O–H groups in total. The quantitative estimate of drug-likeness (QED) is 0.0927. The summed E-state index contributed by atoms with van der Waals surface area (Å²) in [5.41, 5.74) is 11.8.